The molecule has 3 aromatic rings. The summed E-state index contributed by atoms with van der Waals surface area (Å²) in [6, 6.07) is 9.98. The second-order valence-corrected chi connectivity index (χ2v) is 4.43. The fourth-order valence-electron chi connectivity index (χ4n) is 1.74. The van der Waals surface area contributed by atoms with Crippen molar-refractivity contribution in [2.45, 2.75) is 0 Å². The van der Waals surface area contributed by atoms with Crippen LogP contribution in [-0.4, -0.2) is 16.3 Å². The second kappa shape index (κ2) is 4.07. The highest BCUT2D eigenvalue weighted by Crippen LogP contribution is 2.28. The van der Waals surface area contributed by atoms with Gasteiger partial charge in [-0.05, 0) is 11.5 Å². The summed E-state index contributed by atoms with van der Waals surface area (Å²) < 4.78 is 0. The molecule has 0 bridgehead atoms. The van der Waals surface area contributed by atoms with E-state index in [-0.39, 0.29) is 0 Å². The SMILES string of the molecule is O=Cc1csc(-c2nccc3ccccc23)n1. The molecule has 17 heavy (non-hydrogen) atoms. The third-order valence-electron chi connectivity index (χ3n) is 2.52. The first-order valence-electron chi connectivity index (χ1n) is 5.13. The van der Waals surface area contributed by atoms with Crippen LogP contribution in [0.15, 0.2) is 41.9 Å². The van der Waals surface area contributed by atoms with Crippen molar-refractivity contribution in [1.29, 1.82) is 0 Å². The van der Waals surface area contributed by atoms with Crippen LogP contribution in [0.1, 0.15) is 10.5 Å². The molecule has 0 N–H and O–H groups in total. The van der Waals surface area contributed by atoms with E-state index in [4.69, 9.17) is 0 Å². The Hall–Kier alpha value is -2.07. The fraction of sp³-hybridized carbons (Fsp3) is 0. The predicted octanol–water partition coefficient (Wildman–Crippen LogP) is 3.17. The number of thiazole rings is 1. The van der Waals surface area contributed by atoms with Crippen LogP contribution in [0.4, 0.5) is 0 Å². The highest BCUT2D eigenvalue weighted by atomic mass is 32.1. The molecule has 2 heterocycles. The first kappa shape index (κ1) is 10.1. The zero-order valence-electron chi connectivity index (χ0n) is 8.83. The minimum absolute atomic E-state index is 0.458. The van der Waals surface area contributed by atoms with Gasteiger partial charge in [-0.25, -0.2) is 4.98 Å². The average molecular weight is 240 g/mol. The zero-order chi connectivity index (χ0) is 11.7. The van der Waals surface area contributed by atoms with Crippen LogP contribution in [0, 0.1) is 0 Å². The van der Waals surface area contributed by atoms with Crippen molar-refractivity contribution in [2.24, 2.45) is 0 Å². The summed E-state index contributed by atoms with van der Waals surface area (Å²) in [7, 11) is 0. The Morgan fingerprint density at radius 3 is 2.88 bits per heavy atom. The molecule has 3 nitrogen and oxygen atoms in total. The summed E-state index contributed by atoms with van der Waals surface area (Å²) in [5, 5.41) is 4.71. The number of hydrogen-bond acceptors (Lipinski definition) is 4. The normalized spacial score (nSPS) is 10.6. The van der Waals surface area contributed by atoms with E-state index in [0.29, 0.717) is 5.69 Å². The third kappa shape index (κ3) is 1.72. The van der Waals surface area contributed by atoms with Crippen LogP contribution in [0.2, 0.25) is 0 Å². The van der Waals surface area contributed by atoms with Crippen LogP contribution < -0.4 is 0 Å². The van der Waals surface area contributed by atoms with Gasteiger partial charge in [-0.15, -0.1) is 11.3 Å². The Labute approximate surface area is 102 Å². The first-order valence-corrected chi connectivity index (χ1v) is 6.01. The molecular weight excluding hydrogens is 232 g/mol. The summed E-state index contributed by atoms with van der Waals surface area (Å²) in [5.41, 5.74) is 1.29. The Morgan fingerprint density at radius 2 is 2.06 bits per heavy atom. The van der Waals surface area contributed by atoms with Gasteiger partial charge in [-0.3, -0.25) is 9.78 Å². The Balaban J connectivity index is 2.26. The molecule has 0 fully saturated rings. The van der Waals surface area contributed by atoms with E-state index < -0.39 is 0 Å². The molecule has 0 atom stereocenters. The molecule has 4 heteroatoms. The Morgan fingerprint density at radius 1 is 1.18 bits per heavy atom. The van der Waals surface area contributed by atoms with E-state index in [1.807, 2.05) is 30.3 Å². The van der Waals surface area contributed by atoms with Crippen LogP contribution in [0.3, 0.4) is 0 Å². The Kier molecular flexibility index (Phi) is 2.42. The van der Waals surface area contributed by atoms with E-state index in [1.54, 1.807) is 11.6 Å². The van der Waals surface area contributed by atoms with Gasteiger partial charge in [0.05, 0.1) is 0 Å². The molecule has 0 unspecified atom stereocenters. The molecule has 1 aromatic carbocycles. The molecule has 0 aliphatic carbocycles. The lowest BCUT2D eigenvalue weighted by Gasteiger charge is -2.01. The summed E-state index contributed by atoms with van der Waals surface area (Å²) in [5.74, 6) is 0. The van der Waals surface area contributed by atoms with Gasteiger partial charge in [0, 0.05) is 17.0 Å². The van der Waals surface area contributed by atoms with Gasteiger partial charge in [0.15, 0.2) is 6.29 Å². The summed E-state index contributed by atoms with van der Waals surface area (Å²) in [4.78, 5) is 19.2. The lowest BCUT2D eigenvalue weighted by Crippen LogP contribution is -1.86. The van der Waals surface area contributed by atoms with E-state index >= 15 is 0 Å². The first-order chi connectivity index (χ1) is 8.38. The maximum absolute atomic E-state index is 10.6. The molecule has 82 valence electrons. The van der Waals surface area contributed by atoms with Gasteiger partial charge in [-0.2, -0.15) is 0 Å². The van der Waals surface area contributed by atoms with Crippen LogP contribution in [0.25, 0.3) is 21.5 Å². The topological polar surface area (TPSA) is 42.9 Å². The predicted molar refractivity (Wildman–Crippen MR) is 68.2 cm³/mol. The number of carbonyl (C=O) groups excluding carboxylic acids is 1. The molecule has 0 saturated heterocycles. The zero-order valence-corrected chi connectivity index (χ0v) is 9.65. The smallest absolute Gasteiger partial charge is 0.169 e. The van der Waals surface area contributed by atoms with Crippen molar-refractivity contribution in [2.75, 3.05) is 0 Å². The van der Waals surface area contributed by atoms with Crippen molar-refractivity contribution < 1.29 is 4.79 Å². The number of hydrogen-bond donors (Lipinski definition) is 0. The molecule has 0 aliphatic heterocycles. The molecular formula is C13H8N2OS. The van der Waals surface area contributed by atoms with Gasteiger partial charge in [-0.1, -0.05) is 24.3 Å². The maximum Gasteiger partial charge on any atom is 0.169 e. The number of pyridine rings is 1. The van der Waals surface area contributed by atoms with Gasteiger partial charge < -0.3 is 0 Å². The van der Waals surface area contributed by atoms with Crippen LogP contribution >= 0.6 is 11.3 Å². The molecule has 0 radical (unpaired) electrons. The van der Waals surface area contributed by atoms with Crippen molar-refractivity contribution in [1.82, 2.24) is 9.97 Å². The molecule has 0 aliphatic rings. The molecule has 0 spiro atoms. The molecule has 2 aromatic heterocycles. The Bertz CT molecular complexity index is 685. The van der Waals surface area contributed by atoms with Gasteiger partial charge in [0.25, 0.3) is 0 Å². The summed E-state index contributed by atoms with van der Waals surface area (Å²) in [6.45, 7) is 0. The monoisotopic (exact) mass is 240 g/mol. The second-order valence-electron chi connectivity index (χ2n) is 3.58. The highest BCUT2D eigenvalue weighted by molar-refractivity contribution is 7.13. The quantitative estimate of drug-likeness (QED) is 0.646. The van der Waals surface area contributed by atoms with E-state index in [2.05, 4.69) is 9.97 Å². The number of benzene rings is 1. The minimum atomic E-state index is 0.458. The van der Waals surface area contributed by atoms with Gasteiger partial charge in [0.1, 0.15) is 16.4 Å². The van der Waals surface area contributed by atoms with Crippen LogP contribution in [-0.2, 0) is 0 Å². The summed E-state index contributed by atoms with van der Waals surface area (Å²) >= 11 is 1.44. The number of fused-ring (bicyclic) bond motifs is 1. The van der Waals surface area contributed by atoms with E-state index in [9.17, 15) is 4.79 Å². The molecule has 0 amide bonds. The van der Waals surface area contributed by atoms with E-state index in [1.165, 1.54) is 11.3 Å². The number of nitrogens with zero attached hydrogens (tertiary/aromatic N) is 2. The fourth-order valence-corrected chi connectivity index (χ4v) is 2.51. The number of carbonyl (C=O) groups is 1. The highest BCUT2D eigenvalue weighted by Gasteiger charge is 2.08. The maximum atomic E-state index is 10.6. The minimum Gasteiger partial charge on any atom is -0.296 e. The average Bonchev–Trinajstić information content (AvgIpc) is 2.87. The van der Waals surface area contributed by atoms with Crippen molar-refractivity contribution in [3.05, 3.63) is 47.6 Å². The van der Waals surface area contributed by atoms with E-state index in [0.717, 1.165) is 27.8 Å². The van der Waals surface area contributed by atoms with Crippen molar-refractivity contribution in [3.8, 4) is 10.7 Å². The number of aromatic nitrogens is 2. The van der Waals surface area contributed by atoms with Crippen molar-refractivity contribution >= 4 is 28.4 Å². The molecule has 3 rings (SSSR count). The van der Waals surface area contributed by atoms with Crippen molar-refractivity contribution in [3.63, 3.8) is 0 Å². The van der Waals surface area contributed by atoms with Crippen LogP contribution in [0.5, 0.6) is 0 Å². The van der Waals surface area contributed by atoms with Gasteiger partial charge in [0.2, 0.25) is 0 Å². The lowest BCUT2D eigenvalue weighted by atomic mass is 10.1. The van der Waals surface area contributed by atoms with Gasteiger partial charge >= 0.3 is 0 Å². The number of aldehydes is 1. The lowest BCUT2D eigenvalue weighted by molar-refractivity contribution is 0.111. The largest absolute Gasteiger partial charge is 0.296 e. The standard InChI is InChI=1S/C13H8N2OS/c16-7-10-8-17-13(15-10)12-11-4-2-1-3-9(11)5-6-14-12/h1-8H. The summed E-state index contributed by atoms with van der Waals surface area (Å²) in [6.07, 6.45) is 2.52. The molecule has 0 saturated carbocycles. The number of rotatable bonds is 2. The third-order valence-corrected chi connectivity index (χ3v) is 3.39.